The monoisotopic (exact) mass is 1430 g/mol. The van der Waals surface area contributed by atoms with Crippen molar-refractivity contribution in [2.45, 2.75) is 471 Å². The van der Waals surface area contributed by atoms with Crippen molar-refractivity contribution in [2.75, 3.05) is 26.4 Å². The highest BCUT2D eigenvalue weighted by molar-refractivity contribution is 5.76. The molecule has 100 heavy (non-hydrogen) atoms. The Morgan fingerprint density at radius 1 is 0.350 bits per heavy atom. The molecule has 3 aliphatic heterocycles. The van der Waals surface area contributed by atoms with Crippen LogP contribution in [0.4, 0.5) is 0 Å². The molecule has 0 bridgehead atoms. The summed E-state index contributed by atoms with van der Waals surface area (Å²) in [5.74, 6) is -0.267. The van der Waals surface area contributed by atoms with Crippen LogP contribution in [0.5, 0.6) is 0 Å². The van der Waals surface area contributed by atoms with Crippen LogP contribution in [0.25, 0.3) is 0 Å². The first-order chi connectivity index (χ1) is 48.8. The third kappa shape index (κ3) is 42.2. The Balaban J connectivity index is 1.29. The standard InChI is InChI=1S/C81H155NO18/c1-3-5-7-9-11-13-15-17-19-21-22-23-24-25-26-27-28-29-30-31-32-33-34-35-36-37-38-39-40-41-43-45-47-49-51-53-55-57-59-69(87)82-64(65(86)58-56-54-52-50-48-46-44-42-20-18-16-14-12-10-8-6-4-2)63-95-79-75(93)72(90)77(67(61-84)97-79)100-81-76(94)73(91)78(68(62-85)98-81)99-80-74(92)71(89)70(88)66(60-83)96-80/h56,58,64-68,70-81,83-86,88-94H,3-55,57,59-63H2,1-2H3,(H,82,87)/b58-56+. The summed E-state index contributed by atoms with van der Waals surface area (Å²) in [7, 11) is 0. The largest absolute Gasteiger partial charge is 0.394 e. The van der Waals surface area contributed by atoms with Gasteiger partial charge in [0.2, 0.25) is 5.91 Å². The number of carbonyl (C=O) groups excluding carboxylic acids is 1. The van der Waals surface area contributed by atoms with Crippen LogP contribution in [0, 0.1) is 0 Å². The number of allylic oxidation sites excluding steroid dienone is 1. The molecule has 19 nitrogen and oxygen atoms in total. The Morgan fingerprint density at radius 3 is 0.940 bits per heavy atom. The molecule has 3 rings (SSSR count). The molecule has 0 saturated carbocycles. The van der Waals surface area contributed by atoms with E-state index in [1.165, 1.54) is 295 Å². The van der Waals surface area contributed by atoms with Crippen molar-refractivity contribution in [1.29, 1.82) is 0 Å². The van der Waals surface area contributed by atoms with Crippen LogP contribution in [-0.4, -0.2) is 193 Å². The molecule has 0 aromatic heterocycles. The summed E-state index contributed by atoms with van der Waals surface area (Å²) in [6.07, 6.45) is 48.1. The SMILES string of the molecule is CCCCCCCCCCCCCCCCC/C=C/C(O)C(COC1OC(CO)C(OC2OC(CO)C(OC3OC(CO)C(O)C(O)C3O)C(O)C2O)C(O)C1O)NC(=O)CCCCCCCCCCCCCCCCCCCCCCCCCCCCCCCCCCCCCCCC. The molecule has 0 aliphatic carbocycles. The molecule has 3 fully saturated rings. The summed E-state index contributed by atoms with van der Waals surface area (Å²) in [6.45, 7) is 1.79. The molecule has 1 amide bonds. The second kappa shape index (κ2) is 62.6. The lowest BCUT2D eigenvalue weighted by molar-refractivity contribution is -0.379. The fraction of sp³-hybridized carbons (Fsp3) is 0.963. The van der Waals surface area contributed by atoms with E-state index < -0.39 is 124 Å². The molecule has 17 atom stereocenters. The molecule has 592 valence electrons. The lowest BCUT2D eigenvalue weighted by Crippen LogP contribution is -2.66. The van der Waals surface area contributed by atoms with Crippen LogP contribution >= 0.6 is 0 Å². The quantitative estimate of drug-likeness (QED) is 0.0199. The van der Waals surface area contributed by atoms with Crippen LogP contribution in [0.3, 0.4) is 0 Å². The van der Waals surface area contributed by atoms with E-state index in [0.717, 1.165) is 44.9 Å². The number of aliphatic hydroxyl groups excluding tert-OH is 11. The van der Waals surface area contributed by atoms with Gasteiger partial charge < -0.3 is 89.9 Å². The Bertz CT molecular complexity index is 1850. The van der Waals surface area contributed by atoms with E-state index in [-0.39, 0.29) is 18.9 Å². The van der Waals surface area contributed by atoms with Gasteiger partial charge in [0.1, 0.15) is 73.2 Å². The lowest BCUT2D eigenvalue weighted by Gasteiger charge is -2.48. The second-order valence-electron chi connectivity index (χ2n) is 30.3. The van der Waals surface area contributed by atoms with Crippen molar-refractivity contribution < 1.29 is 89.4 Å². The fourth-order valence-electron chi connectivity index (χ4n) is 14.6. The van der Waals surface area contributed by atoms with E-state index in [1.807, 2.05) is 6.08 Å². The first-order valence-electron chi connectivity index (χ1n) is 41.9. The highest BCUT2D eigenvalue weighted by Gasteiger charge is 2.54. The molecule has 0 spiro atoms. The maximum atomic E-state index is 13.5. The number of unbranched alkanes of at least 4 members (excludes halogenated alkanes) is 52. The molecular weight excluding hydrogens is 1270 g/mol. The lowest BCUT2D eigenvalue weighted by atomic mass is 9.96. The molecule has 0 aromatic rings. The van der Waals surface area contributed by atoms with E-state index in [1.54, 1.807) is 6.08 Å². The van der Waals surface area contributed by atoms with Gasteiger partial charge in [0.05, 0.1) is 38.6 Å². The summed E-state index contributed by atoms with van der Waals surface area (Å²) in [5, 5.41) is 121. The first-order valence-corrected chi connectivity index (χ1v) is 41.9. The number of carbonyl (C=O) groups is 1. The molecular formula is C81H155NO18. The van der Waals surface area contributed by atoms with Gasteiger partial charge in [-0.3, -0.25) is 4.79 Å². The van der Waals surface area contributed by atoms with Gasteiger partial charge in [0.15, 0.2) is 18.9 Å². The van der Waals surface area contributed by atoms with E-state index in [9.17, 15) is 61.0 Å². The van der Waals surface area contributed by atoms with Crippen molar-refractivity contribution >= 4 is 5.91 Å². The summed E-state index contributed by atoms with van der Waals surface area (Å²) in [6, 6.07) is -0.970. The average Bonchev–Trinajstić information content (AvgIpc) is 0.783. The van der Waals surface area contributed by atoms with Crippen LogP contribution in [-0.2, 0) is 33.2 Å². The highest BCUT2D eigenvalue weighted by Crippen LogP contribution is 2.33. The van der Waals surface area contributed by atoms with Crippen LogP contribution in [0.15, 0.2) is 12.2 Å². The van der Waals surface area contributed by atoms with Gasteiger partial charge in [0.25, 0.3) is 0 Å². The van der Waals surface area contributed by atoms with E-state index in [0.29, 0.717) is 6.42 Å². The second-order valence-corrected chi connectivity index (χ2v) is 30.3. The third-order valence-corrected chi connectivity index (χ3v) is 21.3. The smallest absolute Gasteiger partial charge is 0.220 e. The Labute approximate surface area is 607 Å². The van der Waals surface area contributed by atoms with Crippen molar-refractivity contribution in [3.63, 3.8) is 0 Å². The predicted octanol–water partition coefficient (Wildman–Crippen LogP) is 14.3. The predicted molar refractivity (Wildman–Crippen MR) is 397 cm³/mol. The molecule has 3 heterocycles. The van der Waals surface area contributed by atoms with Gasteiger partial charge in [0, 0.05) is 6.42 Å². The zero-order valence-electron chi connectivity index (χ0n) is 63.5. The Morgan fingerprint density at radius 2 is 0.620 bits per heavy atom. The molecule has 17 unspecified atom stereocenters. The zero-order valence-corrected chi connectivity index (χ0v) is 63.5. The minimum Gasteiger partial charge on any atom is -0.394 e. The number of rotatable bonds is 68. The number of nitrogens with one attached hydrogen (secondary N) is 1. The van der Waals surface area contributed by atoms with Gasteiger partial charge in [-0.05, 0) is 19.3 Å². The van der Waals surface area contributed by atoms with Gasteiger partial charge >= 0.3 is 0 Å². The Hall–Kier alpha value is -1.47. The normalized spacial score (nSPS) is 26.4. The summed E-state index contributed by atoms with van der Waals surface area (Å²) >= 11 is 0. The topological polar surface area (TPSA) is 307 Å². The molecule has 0 aromatic carbocycles. The van der Waals surface area contributed by atoms with Crippen LogP contribution in [0.2, 0.25) is 0 Å². The van der Waals surface area contributed by atoms with Crippen molar-refractivity contribution in [3.05, 3.63) is 12.2 Å². The highest BCUT2D eigenvalue weighted by atomic mass is 16.8. The average molecular weight is 1430 g/mol. The van der Waals surface area contributed by atoms with Gasteiger partial charge in [-0.1, -0.05) is 353 Å². The summed E-state index contributed by atoms with van der Waals surface area (Å²) < 4.78 is 34.4. The van der Waals surface area contributed by atoms with E-state index in [2.05, 4.69) is 19.2 Å². The zero-order chi connectivity index (χ0) is 72.5. The van der Waals surface area contributed by atoms with E-state index in [4.69, 9.17) is 28.4 Å². The minimum atomic E-state index is -1.98. The number of aliphatic hydroxyl groups is 11. The van der Waals surface area contributed by atoms with E-state index >= 15 is 0 Å². The minimum absolute atomic E-state index is 0.250. The number of hydrogen-bond donors (Lipinski definition) is 12. The van der Waals surface area contributed by atoms with Crippen molar-refractivity contribution in [1.82, 2.24) is 5.32 Å². The summed E-state index contributed by atoms with van der Waals surface area (Å²) in [4.78, 5) is 13.5. The molecule has 19 heteroatoms. The van der Waals surface area contributed by atoms with Crippen molar-refractivity contribution in [2.24, 2.45) is 0 Å². The fourth-order valence-corrected chi connectivity index (χ4v) is 14.6. The number of hydrogen-bond acceptors (Lipinski definition) is 18. The number of amides is 1. The van der Waals surface area contributed by atoms with Crippen LogP contribution < -0.4 is 5.32 Å². The summed E-state index contributed by atoms with van der Waals surface area (Å²) in [5.41, 5.74) is 0. The molecule has 3 aliphatic rings. The van der Waals surface area contributed by atoms with Gasteiger partial charge in [-0.25, -0.2) is 0 Å². The van der Waals surface area contributed by atoms with Crippen LogP contribution in [0.1, 0.15) is 367 Å². The molecule has 3 saturated heterocycles. The van der Waals surface area contributed by atoms with Gasteiger partial charge in [-0.15, -0.1) is 0 Å². The van der Waals surface area contributed by atoms with Crippen molar-refractivity contribution in [3.8, 4) is 0 Å². The number of ether oxygens (including phenoxy) is 6. The first kappa shape index (κ1) is 92.7. The molecule has 0 radical (unpaired) electrons. The molecule has 12 N–H and O–H groups in total. The maximum Gasteiger partial charge on any atom is 0.220 e. The van der Waals surface area contributed by atoms with Gasteiger partial charge in [-0.2, -0.15) is 0 Å². The third-order valence-electron chi connectivity index (χ3n) is 21.3. The maximum absolute atomic E-state index is 13.5. The Kier molecular flexibility index (Phi) is 58.0.